The Labute approximate surface area is 399 Å². The Morgan fingerprint density at radius 1 is 0.344 bits per heavy atom. The Morgan fingerprint density at radius 2 is 0.688 bits per heavy atom. The first-order valence-electron chi connectivity index (χ1n) is 28.2. The molecule has 0 bridgehead atoms. The van der Waals surface area contributed by atoms with Crippen molar-refractivity contribution in [3.63, 3.8) is 0 Å². The lowest BCUT2D eigenvalue weighted by atomic mass is 10.0. The highest BCUT2D eigenvalue weighted by Gasteiger charge is 2.17. The molecule has 0 fully saturated rings. The zero-order chi connectivity index (χ0) is 46.3. The maximum atomic E-state index is 12.8. The number of unbranched alkanes of at least 4 members (excludes halogenated alkanes) is 33. The van der Waals surface area contributed by atoms with E-state index in [-0.39, 0.29) is 25.2 Å². The van der Waals surface area contributed by atoms with Crippen LogP contribution in [0.15, 0.2) is 48.6 Å². The minimum Gasteiger partial charge on any atom is -0.462 e. The fraction of sp³-hybridized carbons (Fsp3) is 0.831. The second-order valence-electron chi connectivity index (χ2n) is 18.8. The van der Waals surface area contributed by atoms with Crippen LogP contribution in [0, 0.1) is 0 Å². The van der Waals surface area contributed by atoms with Gasteiger partial charge in [0.1, 0.15) is 6.61 Å². The predicted molar refractivity (Wildman–Crippen MR) is 279 cm³/mol. The van der Waals surface area contributed by atoms with Gasteiger partial charge in [0.05, 0.1) is 6.61 Å². The molecule has 0 saturated heterocycles. The molecule has 1 atom stereocenters. The highest BCUT2D eigenvalue weighted by Crippen LogP contribution is 2.16. The van der Waals surface area contributed by atoms with Crippen LogP contribution in [-0.2, 0) is 23.8 Å². The molecular formula is C59H108O5. The summed E-state index contributed by atoms with van der Waals surface area (Å²) in [5, 5.41) is 0. The third-order valence-corrected chi connectivity index (χ3v) is 12.3. The number of rotatable bonds is 52. The summed E-state index contributed by atoms with van der Waals surface area (Å²) in [6, 6.07) is 0. The number of ether oxygens (including phenoxy) is 3. The lowest BCUT2D eigenvalue weighted by Crippen LogP contribution is -2.30. The summed E-state index contributed by atoms with van der Waals surface area (Å²) in [6.07, 6.45) is 68.4. The van der Waals surface area contributed by atoms with E-state index in [9.17, 15) is 9.59 Å². The van der Waals surface area contributed by atoms with E-state index in [0.717, 1.165) is 64.2 Å². The van der Waals surface area contributed by atoms with Crippen LogP contribution in [0.1, 0.15) is 290 Å². The molecule has 0 heterocycles. The Balaban J connectivity index is 4.24. The number of allylic oxidation sites excluding steroid dienone is 8. The fourth-order valence-corrected chi connectivity index (χ4v) is 8.11. The van der Waals surface area contributed by atoms with Crippen molar-refractivity contribution in [2.75, 3.05) is 19.8 Å². The van der Waals surface area contributed by atoms with Gasteiger partial charge in [-0.15, -0.1) is 0 Å². The van der Waals surface area contributed by atoms with E-state index >= 15 is 0 Å². The summed E-state index contributed by atoms with van der Waals surface area (Å²) in [5.41, 5.74) is 0. The summed E-state index contributed by atoms with van der Waals surface area (Å²) in [6.45, 7) is 7.76. The summed E-state index contributed by atoms with van der Waals surface area (Å²) in [7, 11) is 0. The molecule has 0 rings (SSSR count). The van der Waals surface area contributed by atoms with Crippen molar-refractivity contribution >= 4 is 11.9 Å². The summed E-state index contributed by atoms with van der Waals surface area (Å²) in [4.78, 5) is 25.5. The van der Waals surface area contributed by atoms with Crippen LogP contribution in [0.5, 0.6) is 0 Å². The Bertz CT molecular complexity index is 1060. The van der Waals surface area contributed by atoms with Gasteiger partial charge in [-0.05, 0) is 77.0 Å². The molecule has 0 radical (unpaired) electrons. The third kappa shape index (κ3) is 52.5. The largest absolute Gasteiger partial charge is 0.462 e. The summed E-state index contributed by atoms with van der Waals surface area (Å²) < 4.78 is 17.5. The maximum absolute atomic E-state index is 12.8. The molecule has 0 aromatic rings. The van der Waals surface area contributed by atoms with Gasteiger partial charge in [0.2, 0.25) is 0 Å². The Kier molecular flexibility index (Phi) is 53.3. The molecule has 5 nitrogen and oxygen atoms in total. The third-order valence-electron chi connectivity index (χ3n) is 12.3. The van der Waals surface area contributed by atoms with Crippen molar-refractivity contribution in [1.29, 1.82) is 0 Å². The van der Waals surface area contributed by atoms with Gasteiger partial charge in [0.25, 0.3) is 0 Å². The van der Waals surface area contributed by atoms with Crippen molar-refractivity contribution in [2.45, 2.75) is 297 Å². The maximum Gasteiger partial charge on any atom is 0.306 e. The van der Waals surface area contributed by atoms with E-state index in [4.69, 9.17) is 14.2 Å². The second kappa shape index (κ2) is 55.2. The molecule has 0 spiro atoms. The van der Waals surface area contributed by atoms with Gasteiger partial charge in [-0.3, -0.25) is 9.59 Å². The van der Waals surface area contributed by atoms with E-state index in [0.29, 0.717) is 19.4 Å². The smallest absolute Gasteiger partial charge is 0.306 e. The van der Waals surface area contributed by atoms with Gasteiger partial charge >= 0.3 is 11.9 Å². The summed E-state index contributed by atoms with van der Waals surface area (Å²) >= 11 is 0. The Hall–Kier alpha value is -2.14. The highest BCUT2D eigenvalue weighted by molar-refractivity contribution is 5.70. The quantitative estimate of drug-likeness (QED) is 0.0346. The van der Waals surface area contributed by atoms with E-state index in [1.807, 2.05) is 0 Å². The lowest BCUT2D eigenvalue weighted by Gasteiger charge is -2.18. The molecule has 0 N–H and O–H groups in total. The number of hydrogen-bond donors (Lipinski definition) is 0. The second-order valence-corrected chi connectivity index (χ2v) is 18.8. The van der Waals surface area contributed by atoms with Gasteiger partial charge in [-0.25, -0.2) is 0 Å². The van der Waals surface area contributed by atoms with E-state index in [2.05, 4.69) is 69.4 Å². The lowest BCUT2D eigenvalue weighted by molar-refractivity contribution is -0.163. The van der Waals surface area contributed by atoms with Crippen molar-refractivity contribution in [3.8, 4) is 0 Å². The van der Waals surface area contributed by atoms with Crippen LogP contribution < -0.4 is 0 Å². The van der Waals surface area contributed by atoms with Gasteiger partial charge in [0, 0.05) is 19.4 Å². The van der Waals surface area contributed by atoms with Crippen LogP contribution >= 0.6 is 0 Å². The minimum atomic E-state index is -0.544. The van der Waals surface area contributed by atoms with E-state index in [1.165, 1.54) is 193 Å². The molecule has 0 aliphatic rings. The molecule has 0 amide bonds. The van der Waals surface area contributed by atoms with E-state index < -0.39 is 6.10 Å². The molecule has 0 saturated carbocycles. The van der Waals surface area contributed by atoms with Crippen molar-refractivity contribution in [1.82, 2.24) is 0 Å². The van der Waals surface area contributed by atoms with Gasteiger partial charge < -0.3 is 14.2 Å². The monoisotopic (exact) mass is 897 g/mol. The van der Waals surface area contributed by atoms with Gasteiger partial charge in [-0.1, -0.05) is 249 Å². The highest BCUT2D eigenvalue weighted by atomic mass is 16.6. The first-order valence-corrected chi connectivity index (χ1v) is 28.2. The van der Waals surface area contributed by atoms with E-state index in [1.54, 1.807) is 0 Å². The number of esters is 2. The average molecular weight is 898 g/mol. The molecule has 0 aliphatic heterocycles. The van der Waals surface area contributed by atoms with Crippen LogP contribution in [0.25, 0.3) is 0 Å². The molecule has 5 heteroatoms. The first kappa shape index (κ1) is 61.9. The standard InChI is InChI=1S/C59H108O5/c1-4-7-10-13-16-19-22-25-27-29-31-33-36-39-42-45-48-51-54-62-55-57(64-59(61)53-50-47-44-41-38-34-24-21-18-15-12-9-6-3)56-63-58(60)52-49-46-43-40-37-35-32-30-28-26-23-20-17-14-11-8-5-2/h12,15-16,19,21,24-25,27,57H,4-11,13-14,17-18,20,22-23,26,28-56H2,1-3H3/b15-12-,19-16-,24-21-,27-25-. The van der Waals surface area contributed by atoms with Crippen molar-refractivity contribution in [2.24, 2.45) is 0 Å². The topological polar surface area (TPSA) is 61.8 Å². The zero-order valence-electron chi connectivity index (χ0n) is 43.1. The number of carbonyl (C=O) groups excluding carboxylic acids is 2. The molecular weight excluding hydrogens is 789 g/mol. The molecule has 0 aromatic heterocycles. The van der Waals surface area contributed by atoms with Gasteiger partial charge in [-0.2, -0.15) is 0 Å². The van der Waals surface area contributed by atoms with Crippen molar-refractivity contribution < 1.29 is 23.8 Å². The minimum absolute atomic E-state index is 0.0808. The van der Waals surface area contributed by atoms with Crippen LogP contribution in [0.3, 0.4) is 0 Å². The van der Waals surface area contributed by atoms with Gasteiger partial charge in [0.15, 0.2) is 6.10 Å². The molecule has 374 valence electrons. The van der Waals surface area contributed by atoms with Crippen molar-refractivity contribution in [3.05, 3.63) is 48.6 Å². The fourth-order valence-electron chi connectivity index (χ4n) is 8.11. The predicted octanol–water partition coefficient (Wildman–Crippen LogP) is 19.1. The molecule has 1 unspecified atom stereocenters. The normalized spacial score (nSPS) is 12.5. The molecule has 64 heavy (non-hydrogen) atoms. The summed E-state index contributed by atoms with van der Waals surface area (Å²) in [5.74, 6) is -0.402. The number of carbonyl (C=O) groups is 2. The molecule has 0 aromatic carbocycles. The SMILES string of the molecule is CCC/C=C\C/C=C\CCCCCCCC(=O)OC(COCCCCCCCCCC/C=C\C/C=C\CCCCC)COC(=O)CCCCCCCCCCCCCCCCCCC. The van der Waals surface area contributed by atoms with Crippen LogP contribution in [0.4, 0.5) is 0 Å². The van der Waals surface area contributed by atoms with Crippen LogP contribution in [0.2, 0.25) is 0 Å². The van der Waals surface area contributed by atoms with Crippen LogP contribution in [-0.4, -0.2) is 37.9 Å². The zero-order valence-corrected chi connectivity index (χ0v) is 43.1. The first-order chi connectivity index (χ1) is 31.6. The molecule has 0 aliphatic carbocycles. The number of hydrogen-bond acceptors (Lipinski definition) is 5. The average Bonchev–Trinajstić information content (AvgIpc) is 3.30. The Morgan fingerprint density at radius 3 is 1.12 bits per heavy atom.